The Bertz CT molecular complexity index is 355. The minimum absolute atomic E-state index is 0.0751. The molecule has 1 rings (SSSR count). The Hall–Kier alpha value is -1.11. The number of aliphatic carboxylic acids is 1. The Morgan fingerprint density at radius 1 is 1.44 bits per heavy atom. The first kappa shape index (κ1) is 14.9. The monoisotopic (exact) mass is 276 g/mol. The largest absolute Gasteiger partial charge is 0.481 e. The van der Waals surface area contributed by atoms with Gasteiger partial charge in [-0.1, -0.05) is 0 Å². The van der Waals surface area contributed by atoms with Gasteiger partial charge in [-0.05, 0) is 26.2 Å². The summed E-state index contributed by atoms with van der Waals surface area (Å²) < 4.78 is 10.9. The van der Waals surface area contributed by atoms with Gasteiger partial charge in [0.1, 0.15) is 0 Å². The summed E-state index contributed by atoms with van der Waals surface area (Å²) in [5.74, 6) is -0.308. The molecule has 2 amide bonds. The highest BCUT2D eigenvalue weighted by Crippen LogP contribution is 2.45. The number of carboxylic acid groups (broad SMARTS) is 1. The van der Waals surface area contributed by atoms with Crippen LogP contribution in [0, 0.1) is 5.41 Å². The standard InChI is InChI=1S/C11H20N2O4S/c1-8(3-6-18(2)17)13-10(16)12-7-11(4-5-11)9(14)15/h8H,3-7H2,1-2H3,(H,14,15)(H2,12,13,16). The van der Waals surface area contributed by atoms with Crippen molar-refractivity contribution in [2.45, 2.75) is 32.2 Å². The molecule has 0 aromatic rings. The maximum absolute atomic E-state index is 11.5. The molecule has 0 aliphatic heterocycles. The summed E-state index contributed by atoms with van der Waals surface area (Å²) in [5.41, 5.74) is -0.745. The lowest BCUT2D eigenvalue weighted by Crippen LogP contribution is -2.44. The lowest BCUT2D eigenvalue weighted by Gasteiger charge is -2.16. The number of hydrogen-bond donors (Lipinski definition) is 3. The molecule has 0 radical (unpaired) electrons. The summed E-state index contributed by atoms with van der Waals surface area (Å²) >= 11 is 0. The van der Waals surface area contributed by atoms with E-state index in [1.165, 1.54) is 0 Å². The van der Waals surface area contributed by atoms with Gasteiger partial charge in [-0.2, -0.15) is 0 Å². The van der Waals surface area contributed by atoms with Crippen LogP contribution >= 0.6 is 0 Å². The Labute approximate surface area is 109 Å². The zero-order chi connectivity index (χ0) is 13.8. The third-order valence-corrected chi connectivity index (χ3v) is 3.92. The van der Waals surface area contributed by atoms with E-state index in [0.717, 1.165) is 0 Å². The average molecular weight is 276 g/mol. The highest BCUT2D eigenvalue weighted by Gasteiger charge is 2.50. The molecule has 0 saturated heterocycles. The Balaban J connectivity index is 2.21. The van der Waals surface area contributed by atoms with E-state index in [1.54, 1.807) is 6.26 Å². The van der Waals surface area contributed by atoms with E-state index < -0.39 is 22.2 Å². The maximum atomic E-state index is 11.5. The third-order valence-electron chi connectivity index (χ3n) is 3.11. The predicted molar refractivity (Wildman–Crippen MR) is 68.8 cm³/mol. The van der Waals surface area contributed by atoms with E-state index in [9.17, 15) is 13.8 Å². The molecule has 2 atom stereocenters. The summed E-state index contributed by atoms with van der Waals surface area (Å²) in [6.07, 6.45) is 3.50. The van der Waals surface area contributed by atoms with Crippen LogP contribution in [0.2, 0.25) is 0 Å². The van der Waals surface area contributed by atoms with E-state index in [4.69, 9.17) is 5.11 Å². The molecule has 6 nitrogen and oxygen atoms in total. The Kier molecular flexibility index (Phi) is 5.13. The van der Waals surface area contributed by atoms with Gasteiger partial charge in [0.15, 0.2) is 0 Å². The smallest absolute Gasteiger partial charge is 0.315 e. The van der Waals surface area contributed by atoms with Gasteiger partial charge in [-0.25, -0.2) is 4.79 Å². The molecule has 0 spiro atoms. The van der Waals surface area contributed by atoms with Crippen molar-refractivity contribution < 1.29 is 18.9 Å². The molecule has 2 unspecified atom stereocenters. The van der Waals surface area contributed by atoms with E-state index in [0.29, 0.717) is 25.0 Å². The topological polar surface area (TPSA) is 95.5 Å². The van der Waals surface area contributed by atoms with Crippen molar-refractivity contribution in [1.29, 1.82) is 0 Å². The summed E-state index contributed by atoms with van der Waals surface area (Å²) in [6, 6.07) is -0.439. The fourth-order valence-corrected chi connectivity index (χ4v) is 2.24. The van der Waals surface area contributed by atoms with E-state index >= 15 is 0 Å². The van der Waals surface area contributed by atoms with Gasteiger partial charge in [0.05, 0.1) is 5.41 Å². The van der Waals surface area contributed by atoms with Gasteiger partial charge in [0, 0.05) is 35.4 Å². The molecule has 1 aliphatic carbocycles. The van der Waals surface area contributed by atoms with Crippen LogP contribution in [0.25, 0.3) is 0 Å². The Morgan fingerprint density at radius 3 is 2.50 bits per heavy atom. The fourth-order valence-electron chi connectivity index (χ4n) is 1.56. The SMILES string of the molecule is CC(CCS(C)=O)NC(=O)NCC1(C(=O)O)CC1. The van der Waals surface area contributed by atoms with Gasteiger partial charge in [0.2, 0.25) is 0 Å². The second kappa shape index (κ2) is 6.17. The van der Waals surface area contributed by atoms with Gasteiger partial charge in [-0.3, -0.25) is 9.00 Å². The van der Waals surface area contributed by atoms with Crippen LogP contribution in [-0.2, 0) is 15.6 Å². The van der Waals surface area contributed by atoms with E-state index in [-0.39, 0.29) is 18.6 Å². The summed E-state index contributed by atoms with van der Waals surface area (Å²) in [6.45, 7) is 2.00. The van der Waals surface area contributed by atoms with Crippen LogP contribution in [-0.4, -0.2) is 45.9 Å². The second-order valence-corrected chi connectivity index (χ2v) is 6.43. The number of carboxylic acids is 1. The molecule has 0 heterocycles. The lowest BCUT2D eigenvalue weighted by molar-refractivity contribution is -0.143. The molecule has 0 bridgehead atoms. The first-order valence-corrected chi connectivity index (χ1v) is 7.66. The van der Waals surface area contributed by atoms with Gasteiger partial charge in [-0.15, -0.1) is 0 Å². The zero-order valence-corrected chi connectivity index (χ0v) is 11.5. The van der Waals surface area contributed by atoms with Crippen molar-refractivity contribution >= 4 is 22.8 Å². The molecule has 0 aromatic carbocycles. The lowest BCUT2D eigenvalue weighted by atomic mass is 10.1. The number of carbonyl (C=O) groups is 2. The molecular formula is C11H20N2O4S. The summed E-state index contributed by atoms with van der Waals surface area (Å²) in [5, 5.41) is 14.2. The molecular weight excluding hydrogens is 256 g/mol. The molecule has 1 fully saturated rings. The molecule has 7 heteroatoms. The van der Waals surface area contributed by atoms with Crippen molar-refractivity contribution in [2.24, 2.45) is 5.41 Å². The van der Waals surface area contributed by atoms with Crippen molar-refractivity contribution in [2.75, 3.05) is 18.6 Å². The van der Waals surface area contributed by atoms with Crippen molar-refractivity contribution in [3.8, 4) is 0 Å². The van der Waals surface area contributed by atoms with Crippen LogP contribution in [0.15, 0.2) is 0 Å². The highest BCUT2D eigenvalue weighted by molar-refractivity contribution is 7.84. The molecule has 1 saturated carbocycles. The number of amides is 2. The van der Waals surface area contributed by atoms with Crippen molar-refractivity contribution in [1.82, 2.24) is 10.6 Å². The first-order chi connectivity index (χ1) is 8.35. The number of rotatable bonds is 7. The van der Waals surface area contributed by atoms with Gasteiger partial charge >= 0.3 is 12.0 Å². The number of carbonyl (C=O) groups excluding carboxylic acids is 1. The zero-order valence-electron chi connectivity index (χ0n) is 10.7. The predicted octanol–water partition coefficient (Wildman–Crippen LogP) is 0.308. The van der Waals surface area contributed by atoms with Crippen LogP contribution in [0.5, 0.6) is 0 Å². The van der Waals surface area contributed by atoms with Crippen LogP contribution in [0.1, 0.15) is 26.2 Å². The molecule has 3 N–H and O–H groups in total. The minimum Gasteiger partial charge on any atom is -0.481 e. The first-order valence-electron chi connectivity index (χ1n) is 5.93. The van der Waals surface area contributed by atoms with Gasteiger partial charge < -0.3 is 15.7 Å². The summed E-state index contributed by atoms with van der Waals surface area (Å²) in [7, 11) is -0.864. The molecule has 0 aromatic heterocycles. The average Bonchev–Trinajstić information content (AvgIpc) is 3.04. The van der Waals surface area contributed by atoms with Crippen LogP contribution < -0.4 is 10.6 Å². The van der Waals surface area contributed by atoms with Gasteiger partial charge in [0.25, 0.3) is 0 Å². The molecule has 104 valence electrons. The summed E-state index contributed by atoms with van der Waals surface area (Å²) in [4.78, 5) is 22.4. The van der Waals surface area contributed by atoms with Crippen LogP contribution in [0.3, 0.4) is 0 Å². The van der Waals surface area contributed by atoms with Crippen molar-refractivity contribution in [3.05, 3.63) is 0 Å². The van der Waals surface area contributed by atoms with E-state index in [1.807, 2.05) is 6.92 Å². The Morgan fingerprint density at radius 2 is 2.06 bits per heavy atom. The second-order valence-electron chi connectivity index (χ2n) is 4.88. The third kappa shape index (κ3) is 4.64. The van der Waals surface area contributed by atoms with Crippen molar-refractivity contribution in [3.63, 3.8) is 0 Å². The highest BCUT2D eigenvalue weighted by atomic mass is 32.2. The maximum Gasteiger partial charge on any atom is 0.315 e. The minimum atomic E-state index is -0.864. The number of nitrogens with one attached hydrogen (secondary N) is 2. The van der Waals surface area contributed by atoms with E-state index in [2.05, 4.69) is 10.6 Å². The molecule has 1 aliphatic rings. The molecule has 18 heavy (non-hydrogen) atoms. The van der Waals surface area contributed by atoms with Crippen LogP contribution in [0.4, 0.5) is 4.79 Å². The number of urea groups is 1. The normalized spacial score (nSPS) is 19.7. The quantitative estimate of drug-likeness (QED) is 0.623. The number of hydrogen-bond acceptors (Lipinski definition) is 3. The fraction of sp³-hybridized carbons (Fsp3) is 0.818.